The van der Waals surface area contributed by atoms with E-state index in [1.165, 1.54) is 47.0 Å². The van der Waals surface area contributed by atoms with Crippen molar-refractivity contribution >= 4 is 47.4 Å². The van der Waals surface area contributed by atoms with Crippen molar-refractivity contribution in [2.45, 2.75) is 4.90 Å². The van der Waals surface area contributed by atoms with E-state index < -0.39 is 19.5 Å². The van der Waals surface area contributed by atoms with E-state index in [-0.39, 0.29) is 16.1 Å². The van der Waals surface area contributed by atoms with Crippen molar-refractivity contribution in [1.29, 1.82) is 5.26 Å². The summed E-state index contributed by atoms with van der Waals surface area (Å²) in [6.45, 7) is 0. The van der Waals surface area contributed by atoms with Gasteiger partial charge in [-0.15, -0.1) is 0 Å². The lowest BCUT2D eigenvalue weighted by atomic mass is 10.2. The van der Waals surface area contributed by atoms with Gasteiger partial charge in [0.15, 0.2) is 0 Å². The smallest absolute Gasteiger partial charge is 0.273 e. The predicted octanol–water partition coefficient (Wildman–Crippen LogP) is 3.19. The molecule has 4 aromatic rings. The molecule has 2 aromatic heterocycles. The summed E-state index contributed by atoms with van der Waals surface area (Å²) >= 11 is 0. The van der Waals surface area contributed by atoms with Crippen molar-refractivity contribution in [3.8, 4) is 11.8 Å². The van der Waals surface area contributed by atoms with Gasteiger partial charge in [-0.1, -0.05) is 0 Å². The highest BCUT2D eigenvalue weighted by Gasteiger charge is 2.20. The summed E-state index contributed by atoms with van der Waals surface area (Å²) < 4.78 is 26.6. The molecule has 0 aliphatic heterocycles. The molecule has 0 radical (unpaired) electrons. The zero-order chi connectivity index (χ0) is 21.8. The molecule has 150 valence electrons. The zero-order valence-electron chi connectivity index (χ0n) is 15.2. The molecule has 0 aliphatic rings. The molecule has 4 rings (SSSR count). The van der Waals surface area contributed by atoms with Crippen molar-refractivity contribution < 1.29 is 13.3 Å². The third-order valence-electron chi connectivity index (χ3n) is 4.85. The molecule has 0 amide bonds. The second-order valence-electron chi connectivity index (χ2n) is 6.49. The van der Waals surface area contributed by atoms with Crippen molar-refractivity contribution in [2.24, 2.45) is 7.05 Å². The second-order valence-corrected chi connectivity index (χ2v) is 9.06. The van der Waals surface area contributed by atoms with Crippen molar-refractivity contribution in [2.75, 3.05) is 0 Å². The van der Waals surface area contributed by atoms with Crippen LogP contribution in [0.5, 0.6) is 0 Å². The highest BCUT2D eigenvalue weighted by atomic mass is 35.7. The Morgan fingerprint density at radius 2 is 1.77 bits per heavy atom. The molecule has 0 spiro atoms. The van der Waals surface area contributed by atoms with Crippen LogP contribution in [0.15, 0.2) is 58.2 Å². The number of non-ortho nitro benzene ring substituents is 1. The highest BCUT2D eigenvalue weighted by Crippen LogP contribution is 2.32. The third-order valence-corrected chi connectivity index (χ3v) is 6.20. The molecular formula is C19H11ClN4O5S. The number of aryl methyl sites for hydroxylation is 1. The number of nitrogens with zero attached hydrogens (tertiary/aromatic N) is 4. The molecule has 0 unspecified atom stereocenters. The van der Waals surface area contributed by atoms with E-state index in [1.54, 1.807) is 17.7 Å². The van der Waals surface area contributed by atoms with Gasteiger partial charge in [0.25, 0.3) is 20.3 Å². The fourth-order valence-corrected chi connectivity index (χ4v) is 4.22. The Morgan fingerprint density at radius 3 is 2.33 bits per heavy atom. The lowest BCUT2D eigenvalue weighted by molar-refractivity contribution is -0.384. The number of nitro benzene ring substituents is 1. The van der Waals surface area contributed by atoms with Gasteiger partial charge in [0.1, 0.15) is 11.6 Å². The first-order valence-electron chi connectivity index (χ1n) is 8.41. The third kappa shape index (κ3) is 2.92. The van der Waals surface area contributed by atoms with Gasteiger partial charge in [0.05, 0.1) is 26.4 Å². The molecule has 0 fully saturated rings. The molecular weight excluding hydrogens is 432 g/mol. The maximum absolute atomic E-state index is 13.0. The number of fused-ring (bicyclic) bond motifs is 3. The number of hydrogen-bond acceptors (Lipinski definition) is 6. The minimum absolute atomic E-state index is 0.128. The van der Waals surface area contributed by atoms with Crippen molar-refractivity contribution in [3.63, 3.8) is 0 Å². The van der Waals surface area contributed by atoms with Gasteiger partial charge in [-0.05, 0) is 36.4 Å². The predicted molar refractivity (Wildman–Crippen MR) is 110 cm³/mol. The number of pyridine rings is 1. The molecule has 0 atom stereocenters. The van der Waals surface area contributed by atoms with E-state index in [0.717, 1.165) is 0 Å². The molecule has 30 heavy (non-hydrogen) atoms. The number of halogens is 1. The first-order valence-corrected chi connectivity index (χ1v) is 10.7. The van der Waals surface area contributed by atoms with Crippen molar-refractivity contribution in [1.82, 2.24) is 9.13 Å². The minimum atomic E-state index is -4.02. The Hall–Kier alpha value is -3.68. The number of nitriles is 1. The second kappa shape index (κ2) is 6.69. The van der Waals surface area contributed by atoms with E-state index in [4.69, 9.17) is 10.7 Å². The van der Waals surface area contributed by atoms with E-state index in [1.807, 2.05) is 6.07 Å². The van der Waals surface area contributed by atoms with E-state index in [2.05, 4.69) is 0 Å². The van der Waals surface area contributed by atoms with Crippen LogP contribution >= 0.6 is 10.7 Å². The summed E-state index contributed by atoms with van der Waals surface area (Å²) in [5, 5.41) is 20.8. The van der Waals surface area contributed by atoms with E-state index in [9.17, 15) is 28.6 Å². The number of aromatic nitrogens is 2. The zero-order valence-corrected chi connectivity index (χ0v) is 16.8. The lowest BCUT2D eigenvalue weighted by Crippen LogP contribution is -2.21. The Morgan fingerprint density at radius 1 is 1.10 bits per heavy atom. The summed E-state index contributed by atoms with van der Waals surface area (Å²) in [6.07, 6.45) is 0. The molecule has 2 heterocycles. The molecule has 0 saturated heterocycles. The van der Waals surface area contributed by atoms with Gasteiger partial charge in [0, 0.05) is 40.9 Å². The van der Waals surface area contributed by atoms with Crippen LogP contribution in [-0.2, 0) is 16.1 Å². The first kappa shape index (κ1) is 19.6. The van der Waals surface area contributed by atoms with Crippen LogP contribution in [0.25, 0.3) is 27.6 Å². The van der Waals surface area contributed by atoms with Gasteiger partial charge in [-0.25, -0.2) is 8.42 Å². The van der Waals surface area contributed by atoms with Gasteiger partial charge in [-0.2, -0.15) is 5.26 Å². The van der Waals surface area contributed by atoms with Gasteiger partial charge in [0.2, 0.25) is 0 Å². The SMILES string of the molecule is Cn1c2ccc(S(=O)(=O)Cl)cc2c2c1cc(C#N)c(=O)n2-c1ccc([N+](=O)[O-])cc1. The summed E-state index contributed by atoms with van der Waals surface area (Å²) in [4.78, 5) is 23.3. The molecule has 0 N–H and O–H groups in total. The maximum atomic E-state index is 13.0. The van der Waals surface area contributed by atoms with E-state index in [0.29, 0.717) is 27.6 Å². The fourth-order valence-electron chi connectivity index (χ4n) is 3.45. The minimum Gasteiger partial charge on any atom is -0.342 e. The summed E-state index contributed by atoms with van der Waals surface area (Å²) in [5.74, 6) is 0. The largest absolute Gasteiger partial charge is 0.342 e. The average Bonchev–Trinajstić information content (AvgIpc) is 2.98. The quantitative estimate of drug-likeness (QED) is 0.272. The molecule has 0 aliphatic carbocycles. The topological polar surface area (TPSA) is 128 Å². The number of hydrogen-bond donors (Lipinski definition) is 0. The molecule has 9 nitrogen and oxygen atoms in total. The number of nitro groups is 1. The van der Waals surface area contributed by atoms with Crippen LogP contribution in [0, 0.1) is 21.4 Å². The average molecular weight is 443 g/mol. The monoisotopic (exact) mass is 442 g/mol. The number of benzene rings is 2. The van der Waals surface area contributed by atoms with Gasteiger partial charge in [-0.3, -0.25) is 19.5 Å². The Bertz CT molecular complexity index is 1580. The van der Waals surface area contributed by atoms with Crippen LogP contribution in [0.3, 0.4) is 0 Å². The molecule has 0 bridgehead atoms. The standard InChI is InChI=1S/C19H11ClN4O5S/c1-22-16-7-6-14(30(20,28)29)9-15(16)18-17(22)8-11(10-21)19(25)23(18)12-2-4-13(5-3-12)24(26)27/h2-9H,1H3. The van der Waals surface area contributed by atoms with Crippen molar-refractivity contribution in [3.05, 3.63) is 74.6 Å². The normalized spacial score (nSPS) is 11.6. The van der Waals surface area contributed by atoms with Crippen LogP contribution in [0.1, 0.15) is 5.56 Å². The highest BCUT2D eigenvalue weighted by molar-refractivity contribution is 8.13. The maximum Gasteiger partial charge on any atom is 0.273 e. The first-order chi connectivity index (χ1) is 14.1. The lowest BCUT2D eigenvalue weighted by Gasteiger charge is -2.10. The molecule has 0 saturated carbocycles. The molecule has 2 aromatic carbocycles. The summed E-state index contributed by atoms with van der Waals surface area (Å²) in [5.41, 5.74) is 0.838. The van der Waals surface area contributed by atoms with Gasteiger partial charge >= 0.3 is 0 Å². The fraction of sp³-hybridized carbons (Fsp3) is 0.0526. The van der Waals surface area contributed by atoms with Crippen LogP contribution in [0.4, 0.5) is 5.69 Å². The summed E-state index contributed by atoms with van der Waals surface area (Å²) in [7, 11) is 3.18. The van der Waals surface area contributed by atoms with Crippen LogP contribution < -0.4 is 5.56 Å². The number of rotatable bonds is 3. The Kier molecular flexibility index (Phi) is 4.38. The van der Waals surface area contributed by atoms with Gasteiger partial charge < -0.3 is 4.57 Å². The molecule has 11 heteroatoms. The van der Waals surface area contributed by atoms with Crippen LogP contribution in [-0.4, -0.2) is 22.5 Å². The van der Waals surface area contributed by atoms with E-state index >= 15 is 0 Å². The van der Waals surface area contributed by atoms with Crippen LogP contribution in [0.2, 0.25) is 0 Å². The Balaban J connectivity index is 2.21. The summed E-state index contributed by atoms with van der Waals surface area (Å²) in [6, 6.07) is 12.8. The Labute approximate surface area is 173 Å².